The number of thiophene rings is 1. The average molecular weight is 325 g/mol. The van der Waals surface area contributed by atoms with Crippen LogP contribution in [0.5, 0.6) is 0 Å². The number of anilines is 1. The van der Waals surface area contributed by atoms with Crippen LogP contribution in [0, 0.1) is 0 Å². The van der Waals surface area contributed by atoms with Crippen molar-refractivity contribution in [1.82, 2.24) is 30.3 Å². The van der Waals surface area contributed by atoms with E-state index >= 15 is 0 Å². The highest BCUT2D eigenvalue weighted by Crippen LogP contribution is 2.21. The maximum atomic E-state index is 5.25. The minimum Gasteiger partial charge on any atom is -0.376 e. The zero-order valence-electron chi connectivity index (χ0n) is 11.8. The highest BCUT2D eigenvalue weighted by atomic mass is 32.1. The van der Waals surface area contributed by atoms with Crippen molar-refractivity contribution in [3.63, 3.8) is 0 Å². The Morgan fingerprint density at radius 2 is 2.09 bits per heavy atom. The summed E-state index contributed by atoms with van der Waals surface area (Å²) in [6, 6.07) is 11.6. The monoisotopic (exact) mass is 325 g/mol. The number of nitrogens with one attached hydrogen (secondary N) is 1. The summed E-state index contributed by atoms with van der Waals surface area (Å²) >= 11 is 1.58. The second-order valence-electron chi connectivity index (χ2n) is 4.64. The number of benzene rings is 1. The molecule has 9 heteroatoms. The van der Waals surface area contributed by atoms with Gasteiger partial charge in [0.1, 0.15) is 6.33 Å². The SMILES string of the molecule is c1csc(-c2noc(CNc3ccc(-n4cnnn4)cc3)n2)c1. The summed E-state index contributed by atoms with van der Waals surface area (Å²) in [6.07, 6.45) is 1.55. The lowest BCUT2D eigenvalue weighted by atomic mass is 10.3. The molecule has 0 bridgehead atoms. The lowest BCUT2D eigenvalue weighted by molar-refractivity contribution is 0.384. The molecule has 3 heterocycles. The lowest BCUT2D eigenvalue weighted by Gasteiger charge is -2.04. The van der Waals surface area contributed by atoms with E-state index in [0.29, 0.717) is 18.3 Å². The van der Waals surface area contributed by atoms with Crippen molar-refractivity contribution in [2.75, 3.05) is 5.32 Å². The van der Waals surface area contributed by atoms with Gasteiger partial charge < -0.3 is 9.84 Å². The van der Waals surface area contributed by atoms with Crippen LogP contribution >= 0.6 is 11.3 Å². The van der Waals surface area contributed by atoms with Crippen LogP contribution in [-0.4, -0.2) is 30.3 Å². The maximum Gasteiger partial charge on any atom is 0.246 e. The molecule has 0 saturated carbocycles. The average Bonchev–Trinajstić information content (AvgIpc) is 3.35. The molecule has 0 radical (unpaired) electrons. The minimum atomic E-state index is 0.461. The molecule has 0 fully saturated rings. The third-order valence-corrected chi connectivity index (χ3v) is 4.00. The van der Waals surface area contributed by atoms with E-state index in [9.17, 15) is 0 Å². The van der Waals surface area contributed by atoms with Crippen LogP contribution in [0.3, 0.4) is 0 Å². The molecule has 0 aliphatic heterocycles. The first kappa shape index (κ1) is 13.6. The number of hydrogen-bond acceptors (Lipinski definition) is 8. The predicted octanol–water partition coefficient (Wildman–Crippen LogP) is 2.39. The summed E-state index contributed by atoms with van der Waals surface area (Å²) < 4.78 is 6.84. The van der Waals surface area contributed by atoms with E-state index in [1.165, 1.54) is 0 Å². The fraction of sp³-hybridized carbons (Fsp3) is 0.0714. The Balaban J connectivity index is 1.41. The molecule has 3 aromatic heterocycles. The van der Waals surface area contributed by atoms with Crippen molar-refractivity contribution in [1.29, 1.82) is 0 Å². The van der Waals surface area contributed by atoms with Crippen molar-refractivity contribution in [2.24, 2.45) is 0 Å². The molecule has 0 amide bonds. The first-order chi connectivity index (χ1) is 11.4. The Kier molecular flexibility index (Phi) is 3.53. The summed E-state index contributed by atoms with van der Waals surface area (Å²) in [5, 5.41) is 20.3. The number of aromatic nitrogens is 6. The van der Waals surface area contributed by atoms with Crippen molar-refractivity contribution in [3.8, 4) is 16.4 Å². The van der Waals surface area contributed by atoms with Crippen molar-refractivity contribution in [2.45, 2.75) is 6.54 Å². The normalized spacial score (nSPS) is 10.8. The van der Waals surface area contributed by atoms with E-state index in [1.807, 2.05) is 41.8 Å². The molecule has 0 saturated heterocycles. The quantitative estimate of drug-likeness (QED) is 0.602. The van der Waals surface area contributed by atoms with E-state index in [2.05, 4.69) is 31.0 Å². The fourth-order valence-corrected chi connectivity index (χ4v) is 2.67. The molecule has 0 spiro atoms. The number of nitrogens with zero attached hydrogens (tertiary/aromatic N) is 6. The van der Waals surface area contributed by atoms with Gasteiger partial charge in [-0.2, -0.15) is 4.98 Å². The van der Waals surface area contributed by atoms with E-state index < -0.39 is 0 Å². The van der Waals surface area contributed by atoms with E-state index in [1.54, 1.807) is 22.3 Å². The van der Waals surface area contributed by atoms with Gasteiger partial charge in [0, 0.05) is 5.69 Å². The minimum absolute atomic E-state index is 0.461. The Bertz CT molecular complexity index is 868. The van der Waals surface area contributed by atoms with Crippen LogP contribution in [0.2, 0.25) is 0 Å². The van der Waals surface area contributed by atoms with Crippen molar-refractivity contribution in [3.05, 3.63) is 54.0 Å². The van der Waals surface area contributed by atoms with Gasteiger partial charge in [-0.3, -0.25) is 0 Å². The molecule has 0 aliphatic rings. The van der Waals surface area contributed by atoms with E-state index in [-0.39, 0.29) is 0 Å². The zero-order chi connectivity index (χ0) is 15.5. The highest BCUT2D eigenvalue weighted by Gasteiger charge is 2.09. The summed E-state index contributed by atoms with van der Waals surface area (Å²) in [4.78, 5) is 5.36. The molecule has 23 heavy (non-hydrogen) atoms. The van der Waals surface area contributed by atoms with Gasteiger partial charge in [-0.15, -0.1) is 16.4 Å². The molecule has 4 rings (SSSR count). The van der Waals surface area contributed by atoms with Crippen LogP contribution in [0.25, 0.3) is 16.4 Å². The standard InChI is InChI=1S/C14H11N7OS/c1-2-12(23-7-1)14-17-13(22-18-14)8-15-10-3-5-11(6-4-10)21-9-16-19-20-21/h1-7,9,15H,8H2. The number of hydrogen-bond donors (Lipinski definition) is 1. The fourth-order valence-electron chi connectivity index (χ4n) is 2.02. The van der Waals surface area contributed by atoms with E-state index in [4.69, 9.17) is 4.52 Å². The number of rotatable bonds is 5. The second kappa shape index (κ2) is 5.97. The van der Waals surface area contributed by atoms with Gasteiger partial charge in [0.15, 0.2) is 0 Å². The molecule has 114 valence electrons. The van der Waals surface area contributed by atoms with Crippen molar-refractivity contribution < 1.29 is 4.52 Å². The molecule has 4 aromatic rings. The van der Waals surface area contributed by atoms with Gasteiger partial charge in [0.25, 0.3) is 0 Å². The molecular formula is C14H11N7OS. The van der Waals surface area contributed by atoms with Crippen LogP contribution in [0.4, 0.5) is 5.69 Å². The second-order valence-corrected chi connectivity index (χ2v) is 5.59. The first-order valence-corrected chi connectivity index (χ1v) is 7.70. The molecular weight excluding hydrogens is 314 g/mol. The van der Waals surface area contributed by atoms with Crippen molar-refractivity contribution >= 4 is 17.0 Å². The lowest BCUT2D eigenvalue weighted by Crippen LogP contribution is -2.00. The van der Waals surface area contributed by atoms with Gasteiger partial charge in [0.05, 0.1) is 17.1 Å². The van der Waals surface area contributed by atoms with Crippen LogP contribution < -0.4 is 5.32 Å². The third kappa shape index (κ3) is 2.94. The molecule has 0 atom stereocenters. The molecule has 0 aliphatic carbocycles. The molecule has 1 aromatic carbocycles. The third-order valence-electron chi connectivity index (χ3n) is 3.13. The summed E-state index contributed by atoms with van der Waals surface area (Å²) in [6.45, 7) is 0.461. The highest BCUT2D eigenvalue weighted by molar-refractivity contribution is 7.13. The topological polar surface area (TPSA) is 94.6 Å². The Morgan fingerprint density at radius 1 is 1.17 bits per heavy atom. The summed E-state index contributed by atoms with van der Waals surface area (Å²) in [5.41, 5.74) is 1.83. The molecule has 1 N–H and O–H groups in total. The van der Waals surface area contributed by atoms with Crippen LogP contribution in [-0.2, 0) is 6.54 Å². The zero-order valence-corrected chi connectivity index (χ0v) is 12.6. The number of tetrazole rings is 1. The molecule has 0 unspecified atom stereocenters. The van der Waals surface area contributed by atoms with Crippen LogP contribution in [0.1, 0.15) is 5.89 Å². The summed E-state index contributed by atoms with van der Waals surface area (Å²) in [5.74, 6) is 1.16. The van der Waals surface area contributed by atoms with Gasteiger partial charge in [-0.25, -0.2) is 4.68 Å². The van der Waals surface area contributed by atoms with E-state index in [0.717, 1.165) is 16.3 Å². The Labute approximate surface area is 134 Å². The Morgan fingerprint density at radius 3 is 2.83 bits per heavy atom. The largest absolute Gasteiger partial charge is 0.376 e. The van der Waals surface area contributed by atoms with Gasteiger partial charge in [0.2, 0.25) is 11.7 Å². The molecule has 8 nitrogen and oxygen atoms in total. The van der Waals surface area contributed by atoms with Crippen LogP contribution in [0.15, 0.2) is 52.6 Å². The summed E-state index contributed by atoms with van der Waals surface area (Å²) in [7, 11) is 0. The van der Waals surface area contributed by atoms with Gasteiger partial charge >= 0.3 is 0 Å². The smallest absolute Gasteiger partial charge is 0.246 e. The Hall–Kier alpha value is -3.07. The first-order valence-electron chi connectivity index (χ1n) is 6.82. The predicted molar refractivity (Wildman–Crippen MR) is 84.1 cm³/mol. The van der Waals surface area contributed by atoms with Gasteiger partial charge in [-0.05, 0) is 46.1 Å². The van der Waals surface area contributed by atoms with Gasteiger partial charge in [-0.1, -0.05) is 11.2 Å². The maximum absolute atomic E-state index is 5.25.